The zero-order valence-electron chi connectivity index (χ0n) is 14.1. The summed E-state index contributed by atoms with van der Waals surface area (Å²) in [5.74, 6) is 0.159. The fourth-order valence-corrected chi connectivity index (χ4v) is 4.69. The third-order valence-corrected chi connectivity index (χ3v) is 6.20. The Labute approximate surface area is 147 Å². The monoisotopic (exact) mass is 359 g/mol. The number of hydrogen-bond acceptors (Lipinski definition) is 5. The summed E-state index contributed by atoms with van der Waals surface area (Å²) in [5.41, 5.74) is 2.23. The number of carbonyl (C=O) groups excluding carboxylic acids is 1. The molecule has 7 heteroatoms. The van der Waals surface area contributed by atoms with Gasteiger partial charge in [-0.05, 0) is 18.1 Å². The predicted molar refractivity (Wildman–Crippen MR) is 97.3 cm³/mol. The van der Waals surface area contributed by atoms with E-state index in [1.807, 2.05) is 42.3 Å². The molecule has 0 bridgehead atoms. The van der Waals surface area contributed by atoms with Gasteiger partial charge in [0.1, 0.15) is 0 Å². The number of benzene rings is 1. The number of pyridine rings is 1. The summed E-state index contributed by atoms with van der Waals surface area (Å²) >= 11 is 0. The Hall–Kier alpha value is -2.41. The van der Waals surface area contributed by atoms with Gasteiger partial charge < -0.3 is 10.2 Å². The van der Waals surface area contributed by atoms with E-state index in [1.165, 1.54) is 6.20 Å². The van der Waals surface area contributed by atoms with Gasteiger partial charge in [-0.3, -0.25) is 9.78 Å². The maximum absolute atomic E-state index is 12.4. The van der Waals surface area contributed by atoms with Crippen molar-refractivity contribution in [2.24, 2.45) is 0 Å². The molecule has 0 spiro atoms. The summed E-state index contributed by atoms with van der Waals surface area (Å²) in [5, 5.41) is 2.87. The Bertz CT molecular complexity index is 853. The second-order valence-corrected chi connectivity index (χ2v) is 8.50. The number of carbonyl (C=O) groups is 1. The van der Waals surface area contributed by atoms with Gasteiger partial charge in [-0.2, -0.15) is 0 Å². The second kappa shape index (κ2) is 7.23. The number of anilines is 1. The minimum Gasteiger partial charge on any atom is -0.369 e. The van der Waals surface area contributed by atoms with Crippen LogP contribution in [-0.4, -0.2) is 43.9 Å². The normalized spacial score (nSPS) is 18.7. The van der Waals surface area contributed by atoms with Crippen molar-refractivity contribution >= 4 is 21.4 Å². The highest BCUT2D eigenvalue weighted by atomic mass is 32.2. The maximum Gasteiger partial charge on any atom is 0.253 e. The van der Waals surface area contributed by atoms with E-state index in [0.29, 0.717) is 18.5 Å². The molecule has 3 rings (SSSR count). The van der Waals surface area contributed by atoms with Crippen molar-refractivity contribution < 1.29 is 13.2 Å². The van der Waals surface area contributed by atoms with Gasteiger partial charge >= 0.3 is 0 Å². The highest BCUT2D eigenvalue weighted by molar-refractivity contribution is 7.91. The topological polar surface area (TPSA) is 79.4 Å². The molecule has 1 atom stereocenters. The molecule has 1 amide bonds. The van der Waals surface area contributed by atoms with Crippen LogP contribution in [0.4, 0.5) is 5.69 Å². The number of sulfone groups is 1. The third-order valence-electron chi connectivity index (χ3n) is 4.45. The molecule has 132 valence electrons. The molecule has 1 fully saturated rings. The van der Waals surface area contributed by atoms with E-state index in [-0.39, 0.29) is 23.5 Å². The summed E-state index contributed by atoms with van der Waals surface area (Å²) in [4.78, 5) is 18.4. The Balaban J connectivity index is 1.67. The summed E-state index contributed by atoms with van der Waals surface area (Å²) < 4.78 is 23.3. The third kappa shape index (κ3) is 4.36. The van der Waals surface area contributed by atoms with Crippen molar-refractivity contribution in [1.82, 2.24) is 10.3 Å². The quantitative estimate of drug-likeness (QED) is 0.878. The molecule has 2 aromatic rings. The van der Waals surface area contributed by atoms with Crippen molar-refractivity contribution in [3.05, 3.63) is 59.9 Å². The van der Waals surface area contributed by atoms with Gasteiger partial charge in [0, 0.05) is 25.8 Å². The van der Waals surface area contributed by atoms with Crippen LogP contribution in [-0.2, 0) is 16.4 Å². The fourth-order valence-electron chi connectivity index (χ4n) is 2.92. The van der Waals surface area contributed by atoms with Crippen LogP contribution < -0.4 is 10.2 Å². The first-order valence-electron chi connectivity index (χ1n) is 8.15. The largest absolute Gasteiger partial charge is 0.369 e. The standard InChI is InChI=1S/C18H21N3O3S/c1-21(16-7-8-25(23,24)13-16)17-9-15(11-19-12-17)18(22)20-10-14-5-3-2-4-6-14/h2-6,9,11-12,16H,7-8,10,13H2,1H3,(H,20,22). The molecule has 1 unspecified atom stereocenters. The van der Waals surface area contributed by atoms with Crippen LogP contribution >= 0.6 is 0 Å². The van der Waals surface area contributed by atoms with E-state index in [4.69, 9.17) is 0 Å². The van der Waals surface area contributed by atoms with E-state index < -0.39 is 9.84 Å². The van der Waals surface area contributed by atoms with Gasteiger partial charge in [0.2, 0.25) is 0 Å². The van der Waals surface area contributed by atoms with Crippen molar-refractivity contribution in [2.75, 3.05) is 23.5 Å². The van der Waals surface area contributed by atoms with Crippen molar-refractivity contribution in [2.45, 2.75) is 19.0 Å². The van der Waals surface area contributed by atoms with Gasteiger partial charge in [0.25, 0.3) is 5.91 Å². The molecule has 1 aliphatic rings. The average Bonchev–Trinajstić information content (AvgIpc) is 3.00. The Morgan fingerprint density at radius 1 is 1.28 bits per heavy atom. The van der Waals surface area contributed by atoms with Crippen molar-refractivity contribution in [1.29, 1.82) is 0 Å². The van der Waals surface area contributed by atoms with Crippen LogP contribution in [0.5, 0.6) is 0 Å². The van der Waals surface area contributed by atoms with Crippen molar-refractivity contribution in [3.63, 3.8) is 0 Å². The van der Waals surface area contributed by atoms with Crippen LogP contribution in [0.25, 0.3) is 0 Å². The van der Waals surface area contributed by atoms with E-state index in [9.17, 15) is 13.2 Å². The van der Waals surface area contributed by atoms with Crippen LogP contribution in [0.3, 0.4) is 0 Å². The van der Waals surface area contributed by atoms with Gasteiger partial charge in [-0.25, -0.2) is 8.42 Å². The van der Waals surface area contributed by atoms with Gasteiger partial charge in [0.05, 0.1) is 29.0 Å². The summed E-state index contributed by atoms with van der Waals surface area (Å²) in [7, 11) is -1.11. The highest BCUT2D eigenvalue weighted by Crippen LogP contribution is 2.23. The highest BCUT2D eigenvalue weighted by Gasteiger charge is 2.31. The van der Waals surface area contributed by atoms with Crippen LogP contribution in [0.1, 0.15) is 22.3 Å². The van der Waals surface area contributed by atoms with E-state index in [1.54, 1.807) is 12.3 Å². The van der Waals surface area contributed by atoms with Crippen molar-refractivity contribution in [3.8, 4) is 0 Å². The van der Waals surface area contributed by atoms with E-state index in [0.717, 1.165) is 11.3 Å². The number of hydrogen-bond donors (Lipinski definition) is 1. The number of nitrogens with zero attached hydrogens (tertiary/aromatic N) is 2. The lowest BCUT2D eigenvalue weighted by atomic mass is 10.2. The molecular weight excluding hydrogens is 338 g/mol. The molecule has 25 heavy (non-hydrogen) atoms. The van der Waals surface area contributed by atoms with E-state index >= 15 is 0 Å². The lowest BCUT2D eigenvalue weighted by Gasteiger charge is -2.25. The molecule has 1 saturated heterocycles. The lowest BCUT2D eigenvalue weighted by molar-refractivity contribution is 0.0950. The molecule has 1 N–H and O–H groups in total. The van der Waals surface area contributed by atoms with Gasteiger partial charge in [-0.15, -0.1) is 0 Å². The zero-order valence-corrected chi connectivity index (χ0v) is 14.9. The summed E-state index contributed by atoms with van der Waals surface area (Å²) in [6.07, 6.45) is 3.77. The average molecular weight is 359 g/mol. The first-order valence-corrected chi connectivity index (χ1v) is 9.97. The SMILES string of the molecule is CN(c1cncc(C(=O)NCc2ccccc2)c1)C1CCS(=O)(=O)C1. The Morgan fingerprint density at radius 3 is 2.72 bits per heavy atom. The number of nitrogens with one attached hydrogen (secondary N) is 1. The molecule has 1 aliphatic heterocycles. The maximum atomic E-state index is 12.4. The minimum atomic E-state index is -2.96. The first kappa shape index (κ1) is 17.4. The molecule has 0 radical (unpaired) electrons. The zero-order chi connectivity index (χ0) is 17.9. The molecule has 1 aromatic heterocycles. The molecule has 0 aliphatic carbocycles. The number of rotatable bonds is 5. The number of amides is 1. The Kier molecular flexibility index (Phi) is 5.03. The fraction of sp³-hybridized carbons (Fsp3) is 0.333. The minimum absolute atomic E-state index is 0.0746. The lowest BCUT2D eigenvalue weighted by Crippen LogP contribution is -2.33. The van der Waals surface area contributed by atoms with Crippen LogP contribution in [0, 0.1) is 0 Å². The molecule has 6 nitrogen and oxygen atoms in total. The Morgan fingerprint density at radius 2 is 2.04 bits per heavy atom. The molecule has 1 aromatic carbocycles. The first-order chi connectivity index (χ1) is 11.9. The van der Waals surface area contributed by atoms with Gasteiger partial charge in [-0.1, -0.05) is 30.3 Å². The van der Waals surface area contributed by atoms with Crippen LogP contribution in [0.2, 0.25) is 0 Å². The number of aromatic nitrogens is 1. The van der Waals surface area contributed by atoms with Crippen LogP contribution in [0.15, 0.2) is 48.8 Å². The molecule has 2 heterocycles. The molecule has 0 saturated carbocycles. The summed E-state index contributed by atoms with van der Waals surface area (Å²) in [6.45, 7) is 0.445. The second-order valence-electron chi connectivity index (χ2n) is 6.27. The van der Waals surface area contributed by atoms with Gasteiger partial charge in [0.15, 0.2) is 9.84 Å². The van der Waals surface area contributed by atoms with E-state index in [2.05, 4.69) is 10.3 Å². The smallest absolute Gasteiger partial charge is 0.253 e. The predicted octanol–water partition coefficient (Wildman–Crippen LogP) is 1.63. The molecular formula is C18H21N3O3S. The summed E-state index contributed by atoms with van der Waals surface area (Å²) in [6, 6.07) is 11.3.